The average Bonchev–Trinajstić information content (AvgIpc) is 2.51. The van der Waals surface area contributed by atoms with Crippen molar-refractivity contribution in [2.24, 2.45) is 0 Å². The lowest BCUT2D eigenvalue weighted by atomic mass is 9.95. The van der Waals surface area contributed by atoms with E-state index in [1.165, 1.54) is 0 Å². The van der Waals surface area contributed by atoms with Crippen molar-refractivity contribution in [1.29, 1.82) is 0 Å². The van der Waals surface area contributed by atoms with Crippen molar-refractivity contribution in [3.63, 3.8) is 0 Å². The first-order chi connectivity index (χ1) is 11.7. The SMILES string of the molecule is CCNCc1cccc(NC(=O)c2c(C)nc(C(C)(C)C)[nH]c2=O)c1. The number of aromatic amines is 1. The molecular formula is C19H26N4O2. The van der Waals surface area contributed by atoms with Crippen molar-refractivity contribution in [3.05, 3.63) is 57.3 Å². The highest BCUT2D eigenvalue weighted by Gasteiger charge is 2.22. The van der Waals surface area contributed by atoms with Crippen LogP contribution in [0.15, 0.2) is 29.1 Å². The van der Waals surface area contributed by atoms with Gasteiger partial charge in [0.2, 0.25) is 0 Å². The molecule has 3 N–H and O–H groups in total. The molecule has 0 fully saturated rings. The highest BCUT2D eigenvalue weighted by atomic mass is 16.2. The molecule has 0 unspecified atom stereocenters. The summed E-state index contributed by atoms with van der Waals surface area (Å²) in [5, 5.41) is 6.03. The zero-order valence-electron chi connectivity index (χ0n) is 15.5. The second-order valence-electron chi connectivity index (χ2n) is 7.06. The average molecular weight is 342 g/mol. The molecule has 0 spiro atoms. The number of rotatable bonds is 5. The Kier molecular flexibility index (Phi) is 5.74. The highest BCUT2D eigenvalue weighted by molar-refractivity contribution is 6.04. The summed E-state index contributed by atoms with van der Waals surface area (Å²) in [5.74, 6) is 0.117. The molecule has 0 saturated carbocycles. The maximum atomic E-state index is 12.6. The molecule has 0 saturated heterocycles. The molecular weight excluding hydrogens is 316 g/mol. The van der Waals surface area contributed by atoms with Crippen molar-refractivity contribution in [3.8, 4) is 0 Å². The molecule has 2 aromatic rings. The predicted octanol–water partition coefficient (Wildman–Crippen LogP) is 2.74. The third-order valence-electron chi connectivity index (χ3n) is 3.80. The van der Waals surface area contributed by atoms with Gasteiger partial charge in [0.25, 0.3) is 11.5 Å². The molecule has 134 valence electrons. The third-order valence-corrected chi connectivity index (χ3v) is 3.80. The second-order valence-corrected chi connectivity index (χ2v) is 7.06. The molecule has 0 aliphatic carbocycles. The maximum absolute atomic E-state index is 12.6. The third kappa shape index (κ3) is 4.76. The number of aromatic nitrogens is 2. The fourth-order valence-corrected chi connectivity index (χ4v) is 2.43. The van der Waals surface area contributed by atoms with E-state index >= 15 is 0 Å². The van der Waals surface area contributed by atoms with Crippen molar-refractivity contribution >= 4 is 11.6 Å². The normalized spacial score (nSPS) is 11.4. The summed E-state index contributed by atoms with van der Waals surface area (Å²) in [6.07, 6.45) is 0. The van der Waals surface area contributed by atoms with Crippen LogP contribution in [0, 0.1) is 6.92 Å². The number of hydrogen-bond acceptors (Lipinski definition) is 4. The van der Waals surface area contributed by atoms with E-state index in [9.17, 15) is 9.59 Å². The molecule has 6 heteroatoms. The van der Waals surface area contributed by atoms with Gasteiger partial charge >= 0.3 is 0 Å². The number of carbonyl (C=O) groups excluding carboxylic acids is 1. The molecule has 2 rings (SSSR count). The number of nitrogens with one attached hydrogen (secondary N) is 3. The van der Waals surface area contributed by atoms with E-state index in [2.05, 4.69) is 20.6 Å². The Labute approximate surface area is 148 Å². The van der Waals surface area contributed by atoms with Crippen LogP contribution >= 0.6 is 0 Å². The van der Waals surface area contributed by atoms with Gasteiger partial charge in [-0.2, -0.15) is 0 Å². The minimum atomic E-state index is -0.452. The van der Waals surface area contributed by atoms with E-state index in [-0.39, 0.29) is 11.0 Å². The van der Waals surface area contributed by atoms with Crippen molar-refractivity contribution in [1.82, 2.24) is 15.3 Å². The standard InChI is InChI=1S/C19H26N4O2/c1-6-20-11-13-8-7-9-14(10-13)22-16(24)15-12(2)21-18(19(3,4)5)23-17(15)25/h7-10,20H,6,11H2,1-5H3,(H,22,24)(H,21,23,25). The summed E-state index contributed by atoms with van der Waals surface area (Å²) in [5.41, 5.74) is 1.48. The first-order valence-corrected chi connectivity index (χ1v) is 8.44. The van der Waals surface area contributed by atoms with Gasteiger partial charge in [-0.3, -0.25) is 9.59 Å². The lowest BCUT2D eigenvalue weighted by Gasteiger charge is -2.18. The van der Waals surface area contributed by atoms with Crippen LogP contribution in [-0.4, -0.2) is 22.4 Å². The molecule has 25 heavy (non-hydrogen) atoms. The number of benzene rings is 1. The summed E-state index contributed by atoms with van der Waals surface area (Å²) >= 11 is 0. The number of anilines is 1. The van der Waals surface area contributed by atoms with Gasteiger partial charge in [-0.15, -0.1) is 0 Å². The predicted molar refractivity (Wildman–Crippen MR) is 100 cm³/mol. The summed E-state index contributed by atoms with van der Waals surface area (Å²) in [7, 11) is 0. The number of nitrogens with zero attached hydrogens (tertiary/aromatic N) is 1. The Morgan fingerprint density at radius 3 is 2.60 bits per heavy atom. The zero-order valence-corrected chi connectivity index (χ0v) is 15.5. The van der Waals surface area contributed by atoms with Crippen LogP contribution in [0.5, 0.6) is 0 Å². The van der Waals surface area contributed by atoms with Crippen LogP contribution in [0.3, 0.4) is 0 Å². The van der Waals surface area contributed by atoms with Crippen molar-refractivity contribution < 1.29 is 4.79 Å². The van der Waals surface area contributed by atoms with Gasteiger partial charge in [0.05, 0.1) is 5.69 Å². The van der Waals surface area contributed by atoms with E-state index < -0.39 is 11.5 Å². The van der Waals surface area contributed by atoms with Gasteiger partial charge in [-0.05, 0) is 31.2 Å². The Balaban J connectivity index is 2.26. The molecule has 1 heterocycles. The van der Waals surface area contributed by atoms with Gasteiger partial charge in [-0.25, -0.2) is 4.98 Å². The van der Waals surface area contributed by atoms with E-state index in [1.807, 2.05) is 45.9 Å². The maximum Gasteiger partial charge on any atom is 0.264 e. The van der Waals surface area contributed by atoms with Crippen LogP contribution < -0.4 is 16.2 Å². The zero-order chi connectivity index (χ0) is 18.6. The Morgan fingerprint density at radius 1 is 1.28 bits per heavy atom. The van der Waals surface area contributed by atoms with Crippen molar-refractivity contribution in [2.45, 2.75) is 46.6 Å². The monoisotopic (exact) mass is 342 g/mol. The Bertz CT molecular complexity index is 819. The summed E-state index contributed by atoms with van der Waals surface area (Å²) in [4.78, 5) is 32.1. The quantitative estimate of drug-likeness (QED) is 0.780. The molecule has 0 aliphatic heterocycles. The molecule has 0 bridgehead atoms. The van der Waals surface area contributed by atoms with Crippen LogP contribution in [0.1, 0.15) is 55.1 Å². The first kappa shape index (κ1) is 18.9. The molecule has 1 amide bonds. The first-order valence-electron chi connectivity index (χ1n) is 8.44. The summed E-state index contributed by atoms with van der Waals surface area (Å²) < 4.78 is 0. The molecule has 0 atom stereocenters. The van der Waals surface area contributed by atoms with Crippen LogP contribution in [0.2, 0.25) is 0 Å². The number of aryl methyl sites for hydroxylation is 1. The van der Waals surface area contributed by atoms with Crippen LogP contribution in [0.4, 0.5) is 5.69 Å². The van der Waals surface area contributed by atoms with Crippen LogP contribution in [0.25, 0.3) is 0 Å². The fraction of sp³-hybridized carbons (Fsp3) is 0.421. The highest BCUT2D eigenvalue weighted by Crippen LogP contribution is 2.18. The van der Waals surface area contributed by atoms with Gasteiger partial charge in [0, 0.05) is 17.6 Å². The van der Waals surface area contributed by atoms with Crippen molar-refractivity contribution in [2.75, 3.05) is 11.9 Å². The molecule has 0 aliphatic rings. The Morgan fingerprint density at radius 2 is 2.00 bits per heavy atom. The molecule has 6 nitrogen and oxygen atoms in total. The van der Waals surface area contributed by atoms with E-state index in [0.29, 0.717) is 17.2 Å². The van der Waals surface area contributed by atoms with E-state index in [1.54, 1.807) is 13.0 Å². The second kappa shape index (κ2) is 7.61. The lowest BCUT2D eigenvalue weighted by Crippen LogP contribution is -2.30. The number of H-pyrrole nitrogens is 1. The Hall–Kier alpha value is -2.47. The van der Waals surface area contributed by atoms with Gasteiger partial charge in [-0.1, -0.05) is 39.8 Å². The fourth-order valence-electron chi connectivity index (χ4n) is 2.43. The van der Waals surface area contributed by atoms with Gasteiger partial charge < -0.3 is 15.6 Å². The largest absolute Gasteiger partial charge is 0.322 e. The van der Waals surface area contributed by atoms with Gasteiger partial charge in [0.15, 0.2) is 0 Å². The molecule has 1 aromatic heterocycles. The van der Waals surface area contributed by atoms with Crippen LogP contribution in [-0.2, 0) is 12.0 Å². The minimum Gasteiger partial charge on any atom is -0.322 e. The number of hydrogen-bond donors (Lipinski definition) is 3. The molecule has 0 radical (unpaired) electrons. The van der Waals surface area contributed by atoms with E-state index in [0.717, 1.165) is 18.7 Å². The topological polar surface area (TPSA) is 86.9 Å². The smallest absolute Gasteiger partial charge is 0.264 e. The summed E-state index contributed by atoms with van der Waals surface area (Å²) in [6, 6.07) is 7.55. The minimum absolute atomic E-state index is 0.0464. The lowest BCUT2D eigenvalue weighted by molar-refractivity contribution is 0.102. The van der Waals surface area contributed by atoms with Gasteiger partial charge in [0.1, 0.15) is 11.4 Å². The summed E-state index contributed by atoms with van der Waals surface area (Å²) in [6.45, 7) is 11.2. The number of amides is 1. The number of carbonyl (C=O) groups is 1. The van der Waals surface area contributed by atoms with E-state index in [4.69, 9.17) is 0 Å². The molecule has 1 aromatic carbocycles.